The Morgan fingerprint density at radius 2 is 2.12 bits per heavy atom. The third-order valence-corrected chi connectivity index (χ3v) is 2.88. The van der Waals surface area contributed by atoms with Crippen molar-refractivity contribution in [2.75, 3.05) is 6.54 Å². The zero-order chi connectivity index (χ0) is 11.4. The predicted octanol–water partition coefficient (Wildman–Crippen LogP) is 1.80. The first-order chi connectivity index (χ1) is 7.86. The van der Waals surface area contributed by atoms with E-state index in [2.05, 4.69) is 28.4 Å². The molecule has 0 aliphatic heterocycles. The van der Waals surface area contributed by atoms with Crippen molar-refractivity contribution >= 4 is 11.0 Å². The van der Waals surface area contributed by atoms with Gasteiger partial charge in [0.15, 0.2) is 0 Å². The van der Waals surface area contributed by atoms with Crippen LogP contribution in [0.5, 0.6) is 0 Å². The maximum absolute atomic E-state index is 5.66. The number of hydrogen-bond acceptors (Lipinski definition) is 3. The summed E-state index contributed by atoms with van der Waals surface area (Å²) in [6, 6.07) is 4.19. The fraction of sp³-hybridized carbons (Fsp3) is 0.500. The fourth-order valence-corrected chi connectivity index (χ4v) is 2.03. The number of H-pyrrole nitrogens is 1. The van der Waals surface area contributed by atoms with Crippen LogP contribution in [0.3, 0.4) is 0 Å². The normalized spacial score (nSPS) is 11.1. The second-order valence-corrected chi connectivity index (χ2v) is 4.04. The Balaban J connectivity index is 2.41. The van der Waals surface area contributed by atoms with Gasteiger partial charge in [0.05, 0.1) is 0 Å². The van der Waals surface area contributed by atoms with Crippen molar-refractivity contribution in [3.63, 3.8) is 0 Å². The van der Waals surface area contributed by atoms with Crippen LogP contribution >= 0.6 is 0 Å². The molecule has 0 unspecified atom stereocenters. The third-order valence-electron chi connectivity index (χ3n) is 2.88. The number of nitrogens with two attached hydrogens (primary N) is 1. The molecule has 0 spiro atoms. The summed E-state index contributed by atoms with van der Waals surface area (Å²) in [5.41, 5.74) is 10.2. The van der Waals surface area contributed by atoms with Crippen molar-refractivity contribution in [2.24, 2.45) is 5.73 Å². The second-order valence-electron chi connectivity index (χ2n) is 4.04. The summed E-state index contributed by atoms with van der Waals surface area (Å²) in [6.45, 7) is 2.86. The van der Waals surface area contributed by atoms with Gasteiger partial charge < -0.3 is 5.73 Å². The SMILES string of the molecule is CCCCc1ccc2n[nH]nc2c1CCN. The van der Waals surface area contributed by atoms with E-state index in [1.807, 2.05) is 6.07 Å². The molecule has 4 nitrogen and oxygen atoms in total. The molecule has 0 bridgehead atoms. The number of aromatic nitrogens is 3. The number of fused-ring (bicyclic) bond motifs is 1. The van der Waals surface area contributed by atoms with E-state index in [0.717, 1.165) is 23.9 Å². The number of benzene rings is 1. The first kappa shape index (κ1) is 11.1. The lowest BCUT2D eigenvalue weighted by molar-refractivity contribution is 0.785. The minimum Gasteiger partial charge on any atom is -0.330 e. The first-order valence-corrected chi connectivity index (χ1v) is 5.88. The molecule has 86 valence electrons. The second kappa shape index (κ2) is 5.07. The van der Waals surface area contributed by atoms with Gasteiger partial charge >= 0.3 is 0 Å². The van der Waals surface area contributed by atoms with Crippen LogP contribution in [0.1, 0.15) is 30.9 Å². The molecule has 1 aromatic heterocycles. The van der Waals surface area contributed by atoms with E-state index in [0.29, 0.717) is 6.54 Å². The Morgan fingerprint density at radius 1 is 1.25 bits per heavy atom. The van der Waals surface area contributed by atoms with Crippen LogP contribution in [-0.2, 0) is 12.8 Å². The van der Waals surface area contributed by atoms with Crippen molar-refractivity contribution in [2.45, 2.75) is 32.6 Å². The van der Waals surface area contributed by atoms with E-state index in [4.69, 9.17) is 5.73 Å². The summed E-state index contributed by atoms with van der Waals surface area (Å²) in [5, 5.41) is 11.0. The fourth-order valence-electron chi connectivity index (χ4n) is 2.03. The van der Waals surface area contributed by atoms with Crippen LogP contribution in [-0.4, -0.2) is 22.0 Å². The molecule has 0 atom stereocenters. The van der Waals surface area contributed by atoms with Crippen molar-refractivity contribution in [3.05, 3.63) is 23.3 Å². The minimum atomic E-state index is 0.658. The molecule has 0 aliphatic rings. The number of unbranched alkanes of at least 4 members (excludes halogenated alkanes) is 1. The lowest BCUT2D eigenvalue weighted by Crippen LogP contribution is -2.06. The molecule has 0 saturated heterocycles. The lowest BCUT2D eigenvalue weighted by Gasteiger charge is -2.08. The van der Waals surface area contributed by atoms with Gasteiger partial charge in [-0.1, -0.05) is 19.4 Å². The highest BCUT2D eigenvalue weighted by atomic mass is 15.3. The standard InChI is InChI=1S/C12H18N4/c1-2-3-4-9-5-6-11-12(15-16-14-11)10(9)7-8-13/h5-6H,2-4,7-8,13H2,1H3,(H,14,15,16). The molecular formula is C12H18N4. The van der Waals surface area contributed by atoms with Crippen LogP contribution in [0.4, 0.5) is 0 Å². The van der Waals surface area contributed by atoms with Crippen LogP contribution < -0.4 is 5.73 Å². The van der Waals surface area contributed by atoms with E-state index in [1.54, 1.807) is 0 Å². The Labute approximate surface area is 95.2 Å². The zero-order valence-electron chi connectivity index (χ0n) is 9.66. The van der Waals surface area contributed by atoms with Crippen LogP contribution in [0, 0.1) is 0 Å². The van der Waals surface area contributed by atoms with Gasteiger partial charge in [0.25, 0.3) is 0 Å². The number of nitrogens with one attached hydrogen (secondary N) is 1. The number of aryl methyl sites for hydroxylation is 1. The van der Waals surface area contributed by atoms with Crippen LogP contribution in [0.15, 0.2) is 12.1 Å². The minimum absolute atomic E-state index is 0.658. The maximum Gasteiger partial charge on any atom is 0.116 e. The van der Waals surface area contributed by atoms with Gasteiger partial charge in [-0.3, -0.25) is 0 Å². The van der Waals surface area contributed by atoms with Crippen LogP contribution in [0.2, 0.25) is 0 Å². The molecule has 3 N–H and O–H groups in total. The molecular weight excluding hydrogens is 200 g/mol. The summed E-state index contributed by atoms with van der Waals surface area (Å²) in [7, 11) is 0. The van der Waals surface area contributed by atoms with Crippen molar-refractivity contribution in [1.82, 2.24) is 15.4 Å². The van der Waals surface area contributed by atoms with Gasteiger partial charge in [0, 0.05) is 0 Å². The highest BCUT2D eigenvalue weighted by Crippen LogP contribution is 2.21. The summed E-state index contributed by atoms with van der Waals surface area (Å²) < 4.78 is 0. The lowest BCUT2D eigenvalue weighted by atomic mass is 9.98. The summed E-state index contributed by atoms with van der Waals surface area (Å²) >= 11 is 0. The van der Waals surface area contributed by atoms with E-state index >= 15 is 0 Å². The average molecular weight is 218 g/mol. The third kappa shape index (κ3) is 2.07. The quantitative estimate of drug-likeness (QED) is 0.804. The molecule has 16 heavy (non-hydrogen) atoms. The topological polar surface area (TPSA) is 67.6 Å². The van der Waals surface area contributed by atoms with Gasteiger partial charge in [-0.2, -0.15) is 15.4 Å². The van der Waals surface area contributed by atoms with Crippen molar-refractivity contribution in [1.29, 1.82) is 0 Å². The molecule has 1 heterocycles. The highest BCUT2D eigenvalue weighted by molar-refractivity contribution is 5.78. The van der Waals surface area contributed by atoms with Crippen molar-refractivity contribution < 1.29 is 0 Å². The first-order valence-electron chi connectivity index (χ1n) is 5.88. The molecule has 4 heteroatoms. The number of nitrogens with zero attached hydrogens (tertiary/aromatic N) is 2. The molecule has 2 rings (SSSR count). The number of rotatable bonds is 5. The molecule has 0 radical (unpaired) electrons. The van der Waals surface area contributed by atoms with Gasteiger partial charge in [0.2, 0.25) is 0 Å². The Kier molecular flexibility index (Phi) is 3.51. The van der Waals surface area contributed by atoms with Crippen molar-refractivity contribution in [3.8, 4) is 0 Å². The predicted molar refractivity (Wildman–Crippen MR) is 65.3 cm³/mol. The smallest absolute Gasteiger partial charge is 0.116 e. The zero-order valence-corrected chi connectivity index (χ0v) is 9.66. The average Bonchev–Trinajstić information content (AvgIpc) is 2.76. The van der Waals surface area contributed by atoms with Crippen LogP contribution in [0.25, 0.3) is 11.0 Å². The van der Waals surface area contributed by atoms with E-state index < -0.39 is 0 Å². The van der Waals surface area contributed by atoms with E-state index in [9.17, 15) is 0 Å². The number of aromatic amines is 1. The molecule has 2 aromatic rings. The Bertz CT molecular complexity index is 461. The number of hydrogen-bond donors (Lipinski definition) is 2. The van der Waals surface area contributed by atoms with Gasteiger partial charge in [-0.25, -0.2) is 0 Å². The van der Waals surface area contributed by atoms with E-state index in [-0.39, 0.29) is 0 Å². The molecule has 0 saturated carbocycles. The Morgan fingerprint density at radius 3 is 2.88 bits per heavy atom. The maximum atomic E-state index is 5.66. The van der Waals surface area contributed by atoms with Gasteiger partial charge in [0.1, 0.15) is 11.0 Å². The van der Waals surface area contributed by atoms with E-state index in [1.165, 1.54) is 24.0 Å². The highest BCUT2D eigenvalue weighted by Gasteiger charge is 2.09. The summed E-state index contributed by atoms with van der Waals surface area (Å²) in [6.07, 6.45) is 4.40. The van der Waals surface area contributed by atoms with Gasteiger partial charge in [-0.15, -0.1) is 0 Å². The monoisotopic (exact) mass is 218 g/mol. The Hall–Kier alpha value is -1.42. The largest absolute Gasteiger partial charge is 0.330 e. The molecule has 0 fully saturated rings. The molecule has 1 aromatic carbocycles. The molecule has 0 amide bonds. The molecule has 0 aliphatic carbocycles. The summed E-state index contributed by atoms with van der Waals surface area (Å²) in [4.78, 5) is 0. The summed E-state index contributed by atoms with van der Waals surface area (Å²) in [5.74, 6) is 0. The van der Waals surface area contributed by atoms with Gasteiger partial charge in [-0.05, 0) is 43.0 Å².